The van der Waals surface area contributed by atoms with Crippen molar-refractivity contribution in [1.82, 2.24) is 15.5 Å². The number of aromatic nitrogens is 2. The Kier molecular flexibility index (Phi) is 3.45. The highest BCUT2D eigenvalue weighted by atomic mass is 32.1. The predicted molar refractivity (Wildman–Crippen MR) is 76.6 cm³/mol. The van der Waals surface area contributed by atoms with Gasteiger partial charge in [0.1, 0.15) is 10.0 Å². The summed E-state index contributed by atoms with van der Waals surface area (Å²) in [5.41, 5.74) is 1.70. The van der Waals surface area contributed by atoms with E-state index in [1.165, 1.54) is 24.2 Å². The fourth-order valence-corrected chi connectivity index (χ4v) is 2.73. The summed E-state index contributed by atoms with van der Waals surface area (Å²) in [6.07, 6.45) is 2.46. The van der Waals surface area contributed by atoms with E-state index < -0.39 is 0 Å². The Morgan fingerprint density at radius 1 is 1.40 bits per heavy atom. The van der Waals surface area contributed by atoms with Gasteiger partial charge in [-0.3, -0.25) is 10.1 Å². The average molecular weight is 290 g/mol. The zero-order valence-corrected chi connectivity index (χ0v) is 11.8. The monoisotopic (exact) mass is 290 g/mol. The minimum Gasteiger partial charge on any atom is -0.308 e. The van der Waals surface area contributed by atoms with Crippen LogP contribution in [0.15, 0.2) is 18.2 Å². The summed E-state index contributed by atoms with van der Waals surface area (Å²) in [5.74, 6) is 0. The maximum absolute atomic E-state index is 10.9. The molecule has 104 valence electrons. The fourth-order valence-electron chi connectivity index (χ4n) is 1.95. The maximum atomic E-state index is 10.9. The van der Waals surface area contributed by atoms with Gasteiger partial charge in [-0.2, -0.15) is 0 Å². The van der Waals surface area contributed by atoms with Crippen molar-refractivity contribution < 1.29 is 4.92 Å². The second-order valence-corrected chi connectivity index (χ2v) is 6.03. The van der Waals surface area contributed by atoms with E-state index in [9.17, 15) is 10.1 Å². The van der Waals surface area contributed by atoms with Crippen molar-refractivity contribution in [1.29, 1.82) is 0 Å². The fraction of sp³-hybridized carbons (Fsp3) is 0.385. The summed E-state index contributed by atoms with van der Waals surface area (Å²) in [4.78, 5) is 10.5. The molecule has 1 aliphatic carbocycles. The van der Waals surface area contributed by atoms with Crippen molar-refractivity contribution >= 4 is 17.0 Å². The lowest BCUT2D eigenvalue weighted by Crippen LogP contribution is -2.14. The third-order valence-electron chi connectivity index (χ3n) is 3.11. The Balaban J connectivity index is 1.82. The Labute approximate surface area is 120 Å². The third-order valence-corrected chi connectivity index (χ3v) is 4.08. The molecule has 7 heteroatoms. The number of aryl methyl sites for hydroxylation is 1. The van der Waals surface area contributed by atoms with E-state index in [-0.39, 0.29) is 10.6 Å². The van der Waals surface area contributed by atoms with Crippen molar-refractivity contribution in [2.24, 2.45) is 0 Å². The maximum Gasteiger partial charge on any atom is 0.270 e. The summed E-state index contributed by atoms with van der Waals surface area (Å²) in [5, 5.41) is 24.2. The van der Waals surface area contributed by atoms with E-state index in [4.69, 9.17) is 0 Å². The molecule has 6 nitrogen and oxygen atoms in total. The lowest BCUT2D eigenvalue weighted by molar-refractivity contribution is -0.384. The van der Waals surface area contributed by atoms with Crippen LogP contribution in [-0.2, 0) is 6.54 Å². The van der Waals surface area contributed by atoms with Gasteiger partial charge in [-0.1, -0.05) is 11.3 Å². The molecule has 0 atom stereocenters. The first-order valence-corrected chi connectivity index (χ1v) is 7.26. The van der Waals surface area contributed by atoms with Gasteiger partial charge in [0, 0.05) is 30.3 Å². The predicted octanol–water partition coefficient (Wildman–Crippen LogP) is 2.67. The number of rotatable bonds is 5. The molecule has 20 heavy (non-hydrogen) atoms. The van der Waals surface area contributed by atoms with E-state index in [0.29, 0.717) is 6.04 Å². The summed E-state index contributed by atoms with van der Waals surface area (Å²) < 4.78 is 0. The van der Waals surface area contributed by atoms with Crippen molar-refractivity contribution in [3.8, 4) is 10.6 Å². The van der Waals surface area contributed by atoms with Gasteiger partial charge in [-0.15, -0.1) is 10.2 Å². The van der Waals surface area contributed by atoms with E-state index >= 15 is 0 Å². The molecule has 3 rings (SSSR count). The van der Waals surface area contributed by atoms with Crippen LogP contribution in [0.4, 0.5) is 5.69 Å². The molecule has 0 unspecified atom stereocenters. The standard InChI is InChI=1S/C13H14N4O2S/c1-8-4-9(6-11(5-8)17(18)19)13-16-15-12(20-13)7-14-10-2-3-10/h4-6,10,14H,2-3,7H2,1H3. The highest BCUT2D eigenvalue weighted by Gasteiger charge is 2.21. The van der Waals surface area contributed by atoms with Gasteiger partial charge >= 0.3 is 0 Å². The average Bonchev–Trinajstić information content (AvgIpc) is 3.12. The quantitative estimate of drug-likeness (QED) is 0.676. The zero-order valence-electron chi connectivity index (χ0n) is 11.0. The molecule has 1 saturated carbocycles. The molecule has 1 fully saturated rings. The van der Waals surface area contributed by atoms with Crippen LogP contribution in [-0.4, -0.2) is 21.2 Å². The minimum absolute atomic E-state index is 0.0906. The lowest BCUT2D eigenvalue weighted by atomic mass is 10.1. The van der Waals surface area contributed by atoms with E-state index in [0.717, 1.165) is 27.7 Å². The van der Waals surface area contributed by atoms with Crippen LogP contribution in [0.25, 0.3) is 10.6 Å². The van der Waals surface area contributed by atoms with Crippen molar-refractivity contribution in [2.45, 2.75) is 32.4 Å². The van der Waals surface area contributed by atoms with Gasteiger partial charge in [-0.25, -0.2) is 0 Å². The third kappa shape index (κ3) is 3.00. The number of hydrogen-bond donors (Lipinski definition) is 1. The first-order valence-electron chi connectivity index (χ1n) is 6.44. The molecular formula is C13H14N4O2S. The van der Waals surface area contributed by atoms with Crippen LogP contribution in [0.2, 0.25) is 0 Å². The molecule has 1 aromatic heterocycles. The number of nitrogens with zero attached hydrogens (tertiary/aromatic N) is 3. The van der Waals surface area contributed by atoms with Crippen LogP contribution in [0.3, 0.4) is 0 Å². The normalized spacial score (nSPS) is 14.4. The SMILES string of the molecule is Cc1cc(-c2nnc(CNC3CC3)s2)cc([N+](=O)[O-])c1. The Hall–Kier alpha value is -1.86. The number of benzene rings is 1. The number of non-ortho nitro benzene ring substituents is 1. The van der Waals surface area contributed by atoms with E-state index in [1.807, 2.05) is 13.0 Å². The second kappa shape index (κ2) is 5.26. The van der Waals surface area contributed by atoms with Crippen LogP contribution in [0, 0.1) is 17.0 Å². The van der Waals surface area contributed by atoms with Crippen LogP contribution < -0.4 is 5.32 Å². The smallest absolute Gasteiger partial charge is 0.270 e. The minimum atomic E-state index is -0.382. The Bertz CT molecular complexity index is 652. The molecule has 0 aliphatic heterocycles. The lowest BCUT2D eigenvalue weighted by Gasteiger charge is -1.99. The molecule has 1 N–H and O–H groups in total. The molecule has 0 amide bonds. The highest BCUT2D eigenvalue weighted by molar-refractivity contribution is 7.14. The van der Waals surface area contributed by atoms with Gasteiger partial charge in [0.05, 0.1) is 4.92 Å². The van der Waals surface area contributed by atoms with E-state index in [2.05, 4.69) is 15.5 Å². The highest BCUT2D eigenvalue weighted by Crippen LogP contribution is 2.28. The number of nitro groups is 1. The van der Waals surface area contributed by atoms with E-state index in [1.54, 1.807) is 12.1 Å². The Morgan fingerprint density at radius 2 is 2.20 bits per heavy atom. The summed E-state index contributed by atoms with van der Waals surface area (Å²) in [6.45, 7) is 2.56. The summed E-state index contributed by atoms with van der Waals surface area (Å²) >= 11 is 1.48. The van der Waals surface area contributed by atoms with Gasteiger partial charge in [0.2, 0.25) is 0 Å². The Morgan fingerprint density at radius 3 is 2.90 bits per heavy atom. The first-order chi connectivity index (χ1) is 9.61. The number of hydrogen-bond acceptors (Lipinski definition) is 6. The molecular weight excluding hydrogens is 276 g/mol. The molecule has 0 bridgehead atoms. The van der Waals surface area contributed by atoms with Gasteiger partial charge in [0.25, 0.3) is 5.69 Å². The molecule has 0 saturated heterocycles. The zero-order chi connectivity index (χ0) is 14.1. The number of nitro benzene ring substituents is 1. The number of nitrogens with one attached hydrogen (secondary N) is 1. The van der Waals surface area contributed by atoms with Crippen molar-refractivity contribution in [2.75, 3.05) is 0 Å². The van der Waals surface area contributed by atoms with Crippen LogP contribution in [0.5, 0.6) is 0 Å². The van der Waals surface area contributed by atoms with Gasteiger partial charge in [0.15, 0.2) is 0 Å². The summed E-state index contributed by atoms with van der Waals surface area (Å²) in [7, 11) is 0. The second-order valence-electron chi connectivity index (χ2n) is 4.97. The molecule has 0 radical (unpaired) electrons. The van der Waals surface area contributed by atoms with Gasteiger partial charge in [-0.05, 0) is 31.4 Å². The van der Waals surface area contributed by atoms with Crippen molar-refractivity contribution in [3.63, 3.8) is 0 Å². The van der Waals surface area contributed by atoms with Crippen molar-refractivity contribution in [3.05, 3.63) is 38.9 Å². The first kappa shape index (κ1) is 13.1. The van der Waals surface area contributed by atoms with Crippen LogP contribution in [0.1, 0.15) is 23.4 Å². The molecule has 1 aromatic carbocycles. The van der Waals surface area contributed by atoms with Gasteiger partial charge < -0.3 is 5.32 Å². The largest absolute Gasteiger partial charge is 0.308 e. The van der Waals surface area contributed by atoms with Crippen LogP contribution >= 0.6 is 11.3 Å². The molecule has 2 aromatic rings. The molecule has 1 aliphatic rings. The summed E-state index contributed by atoms with van der Waals surface area (Å²) in [6, 6.07) is 5.62. The molecule has 0 spiro atoms. The molecule has 1 heterocycles. The topological polar surface area (TPSA) is 81.0 Å².